The standard InChI is InChI=1S/C83H146O17P2/c1-5-9-13-17-21-25-29-33-36-38-41-44-47-51-55-59-63-67-80(85)93-73-78(99-82(87)69-65-61-57-53-49-43-32-28-24-20-16-12-8-4)75-97-101(89,90)95-71-77(84)72-96-102(91,92)98-76-79(100-83(88)70-66-62-58-54-50-46-40-35-31-27-23-19-15-11-7-3)74-94-81(86)68-64-60-56-52-48-45-42-39-37-34-30-26-22-18-14-10-6-2/h21-22,25-26,33-34,36-37,41-42,44-45,51-52,55-56,77-79,84H,5-20,23-24,27-32,35,38-40,43,46-50,53-54,57-76H2,1-4H3,(H,89,90)(H,91,92)/b25-21-,26-22-,36-33-,37-34-,44-41-,45-42-,55-51-,56-52-/t77-,78+,79+/m0/s1. The Labute approximate surface area is 620 Å². The molecule has 0 amide bonds. The molecular formula is C83H146O17P2. The molecule has 0 aromatic carbocycles. The third-order valence-corrected chi connectivity index (χ3v) is 19.0. The molecule has 0 radical (unpaired) electrons. The second-order valence-electron chi connectivity index (χ2n) is 27.0. The van der Waals surface area contributed by atoms with Gasteiger partial charge in [-0.15, -0.1) is 0 Å². The van der Waals surface area contributed by atoms with Crippen LogP contribution in [0.2, 0.25) is 0 Å². The van der Waals surface area contributed by atoms with E-state index >= 15 is 0 Å². The molecule has 0 aromatic rings. The number of unbranched alkanes of at least 4 members (excludes halogenated alkanes) is 34. The molecule has 590 valence electrons. The van der Waals surface area contributed by atoms with Crippen LogP contribution >= 0.6 is 15.6 Å². The minimum Gasteiger partial charge on any atom is -0.462 e. The molecule has 0 aromatic heterocycles. The van der Waals surface area contributed by atoms with E-state index in [1.807, 2.05) is 24.3 Å². The van der Waals surface area contributed by atoms with Gasteiger partial charge in [-0.25, -0.2) is 9.13 Å². The Kier molecular flexibility index (Phi) is 72.3. The fraction of sp³-hybridized carbons (Fsp3) is 0.759. The van der Waals surface area contributed by atoms with Crippen LogP contribution < -0.4 is 0 Å². The molecule has 0 aliphatic heterocycles. The summed E-state index contributed by atoms with van der Waals surface area (Å²) in [7, 11) is -9.98. The van der Waals surface area contributed by atoms with Crippen molar-refractivity contribution in [2.24, 2.45) is 0 Å². The van der Waals surface area contributed by atoms with E-state index in [2.05, 4.69) is 101 Å². The summed E-state index contributed by atoms with van der Waals surface area (Å²) in [6.45, 7) is 4.75. The summed E-state index contributed by atoms with van der Waals surface area (Å²) < 4.78 is 68.5. The van der Waals surface area contributed by atoms with E-state index in [0.717, 1.165) is 103 Å². The van der Waals surface area contributed by atoms with Crippen LogP contribution in [0.25, 0.3) is 0 Å². The number of rotatable bonds is 76. The highest BCUT2D eigenvalue weighted by atomic mass is 31.2. The van der Waals surface area contributed by atoms with E-state index in [9.17, 15) is 43.2 Å². The minimum absolute atomic E-state index is 0.0856. The number of aliphatic hydroxyl groups excluding tert-OH is 1. The number of aliphatic hydroxyl groups is 1. The van der Waals surface area contributed by atoms with Crippen LogP contribution in [0.1, 0.15) is 349 Å². The first-order valence-corrected chi connectivity index (χ1v) is 43.5. The third kappa shape index (κ3) is 74.3. The topological polar surface area (TPSA) is 237 Å². The summed E-state index contributed by atoms with van der Waals surface area (Å²) in [5.41, 5.74) is 0. The van der Waals surface area contributed by atoms with Crippen molar-refractivity contribution in [3.63, 3.8) is 0 Å². The molecule has 0 bridgehead atoms. The van der Waals surface area contributed by atoms with E-state index in [-0.39, 0.29) is 25.7 Å². The van der Waals surface area contributed by atoms with Gasteiger partial charge in [0.15, 0.2) is 12.2 Å². The molecule has 3 N–H and O–H groups in total. The number of phosphoric acid groups is 2. The lowest BCUT2D eigenvalue weighted by Crippen LogP contribution is -2.30. The van der Waals surface area contributed by atoms with Gasteiger partial charge in [-0.05, 0) is 103 Å². The van der Waals surface area contributed by atoms with Gasteiger partial charge in [0.25, 0.3) is 0 Å². The van der Waals surface area contributed by atoms with E-state index in [1.54, 1.807) is 0 Å². The van der Waals surface area contributed by atoms with Crippen molar-refractivity contribution in [1.82, 2.24) is 0 Å². The molecule has 0 rings (SSSR count). The molecule has 0 saturated carbocycles. The molecule has 0 spiro atoms. The molecule has 0 aliphatic rings. The van der Waals surface area contributed by atoms with Gasteiger partial charge in [0, 0.05) is 25.7 Å². The highest BCUT2D eigenvalue weighted by Crippen LogP contribution is 2.45. The maximum Gasteiger partial charge on any atom is 0.472 e. The molecule has 0 saturated heterocycles. The van der Waals surface area contributed by atoms with Gasteiger partial charge < -0.3 is 33.8 Å². The Morgan fingerprint density at radius 1 is 0.275 bits per heavy atom. The average molecular weight is 1480 g/mol. The predicted octanol–water partition coefficient (Wildman–Crippen LogP) is 23.6. The van der Waals surface area contributed by atoms with Crippen LogP contribution in [-0.2, 0) is 65.4 Å². The number of allylic oxidation sites excluding steroid dienone is 16. The maximum atomic E-state index is 13.1. The second kappa shape index (κ2) is 75.2. The summed E-state index contributed by atoms with van der Waals surface area (Å²) in [6.07, 6.45) is 79.7. The first-order valence-electron chi connectivity index (χ1n) is 40.5. The van der Waals surface area contributed by atoms with Crippen molar-refractivity contribution in [1.29, 1.82) is 0 Å². The highest BCUT2D eigenvalue weighted by molar-refractivity contribution is 7.47. The molecule has 0 aliphatic carbocycles. The quantitative estimate of drug-likeness (QED) is 0.0169. The number of carbonyl (C=O) groups excluding carboxylic acids is 4. The van der Waals surface area contributed by atoms with Crippen molar-refractivity contribution in [3.8, 4) is 0 Å². The number of hydrogen-bond donors (Lipinski definition) is 3. The molecular weight excluding hydrogens is 1330 g/mol. The van der Waals surface area contributed by atoms with Gasteiger partial charge in [0.1, 0.15) is 19.3 Å². The zero-order chi connectivity index (χ0) is 74.6. The van der Waals surface area contributed by atoms with Gasteiger partial charge in [-0.3, -0.25) is 37.3 Å². The van der Waals surface area contributed by atoms with Crippen molar-refractivity contribution in [3.05, 3.63) is 97.2 Å². The summed E-state index contributed by atoms with van der Waals surface area (Å²) in [6, 6.07) is 0. The average Bonchev–Trinajstić information content (AvgIpc) is 0.908. The van der Waals surface area contributed by atoms with Gasteiger partial charge in [0.2, 0.25) is 0 Å². The summed E-state index contributed by atoms with van der Waals surface area (Å²) in [5, 5.41) is 10.6. The highest BCUT2D eigenvalue weighted by Gasteiger charge is 2.30. The normalized spacial score (nSPS) is 14.4. The Balaban J connectivity index is 5.42. The number of ether oxygens (including phenoxy) is 4. The fourth-order valence-electron chi connectivity index (χ4n) is 10.9. The van der Waals surface area contributed by atoms with Crippen molar-refractivity contribution < 1.29 is 80.2 Å². The lowest BCUT2D eigenvalue weighted by Gasteiger charge is -2.21. The first kappa shape index (κ1) is 98.0. The zero-order valence-corrected chi connectivity index (χ0v) is 66.3. The summed E-state index contributed by atoms with van der Waals surface area (Å²) in [4.78, 5) is 73.0. The minimum atomic E-state index is -4.99. The predicted molar refractivity (Wildman–Crippen MR) is 418 cm³/mol. The smallest absolute Gasteiger partial charge is 0.462 e. The second-order valence-corrected chi connectivity index (χ2v) is 29.9. The number of hydrogen-bond acceptors (Lipinski definition) is 15. The largest absolute Gasteiger partial charge is 0.472 e. The van der Waals surface area contributed by atoms with Gasteiger partial charge in [-0.1, -0.05) is 318 Å². The van der Waals surface area contributed by atoms with Crippen LogP contribution in [0.15, 0.2) is 97.2 Å². The fourth-order valence-corrected chi connectivity index (χ4v) is 12.4. The van der Waals surface area contributed by atoms with Crippen molar-refractivity contribution in [2.45, 2.75) is 367 Å². The Morgan fingerprint density at radius 3 is 0.765 bits per heavy atom. The molecule has 102 heavy (non-hydrogen) atoms. The number of carbonyl (C=O) groups is 4. The maximum absolute atomic E-state index is 13.1. The molecule has 0 heterocycles. The van der Waals surface area contributed by atoms with E-state index in [1.165, 1.54) is 154 Å². The van der Waals surface area contributed by atoms with Gasteiger partial charge in [0.05, 0.1) is 26.4 Å². The molecule has 2 unspecified atom stereocenters. The van der Waals surface area contributed by atoms with Crippen molar-refractivity contribution >= 4 is 39.5 Å². The van der Waals surface area contributed by atoms with Crippen LogP contribution in [0, 0.1) is 0 Å². The van der Waals surface area contributed by atoms with Crippen LogP contribution in [-0.4, -0.2) is 96.7 Å². The molecule has 5 atom stereocenters. The summed E-state index contributed by atoms with van der Waals surface area (Å²) >= 11 is 0. The Bertz CT molecular complexity index is 2310. The molecule has 0 fully saturated rings. The Morgan fingerprint density at radius 2 is 0.490 bits per heavy atom. The first-order chi connectivity index (χ1) is 49.7. The van der Waals surface area contributed by atoms with Gasteiger partial charge >= 0.3 is 39.5 Å². The van der Waals surface area contributed by atoms with Gasteiger partial charge in [-0.2, -0.15) is 0 Å². The van der Waals surface area contributed by atoms with Crippen LogP contribution in [0.3, 0.4) is 0 Å². The van der Waals surface area contributed by atoms with E-state index in [4.69, 9.17) is 37.0 Å². The van der Waals surface area contributed by atoms with E-state index in [0.29, 0.717) is 38.5 Å². The monoisotopic (exact) mass is 1480 g/mol. The zero-order valence-electron chi connectivity index (χ0n) is 64.5. The lowest BCUT2D eigenvalue weighted by atomic mass is 10.0. The lowest BCUT2D eigenvalue weighted by molar-refractivity contribution is -0.161. The number of phosphoric ester groups is 2. The summed E-state index contributed by atoms with van der Waals surface area (Å²) in [5.74, 6) is -2.28. The Hall–Kier alpha value is -4.02. The third-order valence-electron chi connectivity index (χ3n) is 17.1. The van der Waals surface area contributed by atoms with E-state index < -0.39 is 97.5 Å². The van der Waals surface area contributed by atoms with Crippen molar-refractivity contribution in [2.75, 3.05) is 39.6 Å². The number of esters is 4. The molecule has 19 heteroatoms. The SMILES string of the molecule is CCCCC/C=C\C/C=C\C/C=C\C/C=C\CCCC(=O)OC[C@H](COP(=O)(O)OC[C@H](O)COP(=O)(O)OC[C@@H](COC(=O)CCC/C=C\C/C=C\C/C=C\C/C=C\CCCCC)OC(=O)CCCCCCCCCCCCCCCCC)OC(=O)CCCCCCCCCCCCCCC. The van der Waals surface area contributed by atoms with Crippen LogP contribution in [0.4, 0.5) is 0 Å². The molecule has 17 nitrogen and oxygen atoms in total. The van der Waals surface area contributed by atoms with Crippen LogP contribution in [0.5, 0.6) is 0 Å².